The van der Waals surface area contributed by atoms with Crippen LogP contribution in [0.4, 0.5) is 46.5 Å². The molecular weight excluding hydrogens is 1060 g/mol. The summed E-state index contributed by atoms with van der Waals surface area (Å²) < 4.78 is 112. The highest BCUT2D eigenvalue weighted by Crippen LogP contribution is 2.33. The molecule has 0 unspecified atom stereocenters. The van der Waals surface area contributed by atoms with Crippen molar-refractivity contribution >= 4 is 45.3 Å². The summed E-state index contributed by atoms with van der Waals surface area (Å²) >= 11 is 0. The minimum absolute atomic E-state index is 0.0485. The fourth-order valence-electron chi connectivity index (χ4n) is 10.5. The van der Waals surface area contributed by atoms with Gasteiger partial charge in [0.15, 0.2) is 46.5 Å². The van der Waals surface area contributed by atoms with Crippen LogP contribution in [0, 0.1) is 46.5 Å². The van der Waals surface area contributed by atoms with Crippen LogP contribution in [0.2, 0.25) is 0 Å². The minimum Gasteiger partial charge on any atom is -0.381 e. The molecule has 0 saturated carbocycles. The number of H-pyrrole nitrogens is 4. The summed E-state index contributed by atoms with van der Waals surface area (Å²) in [6.07, 6.45) is 4.40. The number of likely N-dealkylation sites (tertiary alicyclic amines) is 1. The molecular formula is C56H54F8N12O4. The third kappa shape index (κ3) is 11.0. The van der Waals surface area contributed by atoms with Gasteiger partial charge in [0.25, 0.3) is 22.9 Å². The molecule has 4 aromatic carbocycles. The van der Waals surface area contributed by atoms with Crippen LogP contribution in [0.1, 0.15) is 69.7 Å². The Morgan fingerprint density at radius 2 is 0.988 bits per heavy atom. The number of nitrogens with one attached hydrogen (secondary N) is 6. The lowest BCUT2D eigenvalue weighted by Crippen LogP contribution is -2.33. The number of hydrogen-bond donors (Lipinski definition) is 6. The number of benzene rings is 4. The van der Waals surface area contributed by atoms with E-state index in [-0.39, 0.29) is 53.1 Å². The summed E-state index contributed by atoms with van der Waals surface area (Å²) in [6, 6.07) is 9.10. The molecule has 7 heterocycles. The maximum atomic E-state index is 14.2. The summed E-state index contributed by atoms with van der Waals surface area (Å²) in [5.41, 5.74) is 3.57. The number of anilines is 2. The van der Waals surface area contributed by atoms with Crippen molar-refractivity contribution in [2.24, 2.45) is 0 Å². The van der Waals surface area contributed by atoms with Gasteiger partial charge in [0, 0.05) is 98.1 Å². The quantitative estimate of drug-likeness (QED) is 0.0403. The van der Waals surface area contributed by atoms with Crippen LogP contribution in [-0.4, -0.2) is 127 Å². The van der Waals surface area contributed by atoms with Gasteiger partial charge in [0.05, 0.1) is 33.4 Å². The van der Waals surface area contributed by atoms with Gasteiger partial charge in [-0.15, -0.1) is 0 Å². The van der Waals surface area contributed by atoms with E-state index in [9.17, 15) is 54.3 Å². The fourth-order valence-corrected chi connectivity index (χ4v) is 10.5. The van der Waals surface area contributed by atoms with Gasteiger partial charge in [0.1, 0.15) is 22.8 Å². The summed E-state index contributed by atoms with van der Waals surface area (Å²) in [5.74, 6) is -11.5. The largest absolute Gasteiger partial charge is 0.381 e. The van der Waals surface area contributed by atoms with E-state index in [1.54, 1.807) is 43.0 Å². The zero-order valence-electron chi connectivity index (χ0n) is 43.8. The highest BCUT2D eigenvalue weighted by molar-refractivity contribution is 6.03. The van der Waals surface area contributed by atoms with Crippen LogP contribution >= 0.6 is 0 Å². The lowest BCUT2D eigenvalue weighted by atomic mass is 10.0. The molecule has 1 fully saturated rings. The predicted molar refractivity (Wildman–Crippen MR) is 284 cm³/mol. The molecule has 3 aliphatic rings. The van der Waals surface area contributed by atoms with E-state index < -0.39 is 87.3 Å². The van der Waals surface area contributed by atoms with Crippen molar-refractivity contribution in [1.82, 2.24) is 49.5 Å². The van der Waals surface area contributed by atoms with E-state index in [0.717, 1.165) is 37.3 Å². The number of amides is 2. The Kier molecular flexibility index (Phi) is 15.4. The molecule has 16 nitrogen and oxygen atoms in total. The molecule has 2 atom stereocenters. The molecule has 2 amide bonds. The van der Waals surface area contributed by atoms with E-state index in [1.165, 1.54) is 25.2 Å². The Balaban J connectivity index is 0.000000180. The normalized spacial score (nSPS) is 15.1. The van der Waals surface area contributed by atoms with Crippen molar-refractivity contribution in [3.63, 3.8) is 0 Å². The van der Waals surface area contributed by atoms with Gasteiger partial charge in [-0.1, -0.05) is 0 Å². The number of likely N-dealkylation sites (N-methyl/N-ethyl adjacent to an activating group) is 1. The van der Waals surface area contributed by atoms with Crippen LogP contribution in [0.5, 0.6) is 0 Å². The van der Waals surface area contributed by atoms with E-state index in [1.807, 2.05) is 36.0 Å². The SMILES string of the molecule is C[C@@H](Cc1c(F)c(F)cc(F)c1F)Nc1cc[nH]c(=O)c1-c1nc2cc3c(cc2[nH]1)CN(CCN(C)C)C3=O.C[C@@H](Cc1c(F)c(F)cc(F)c1F)Nc1cc[nH]c(=O)c1-c1nc2cc3c(cc2[nH]1)CN(CCN1CCCC1)C3=O. The molecule has 0 spiro atoms. The Labute approximate surface area is 451 Å². The van der Waals surface area contributed by atoms with Gasteiger partial charge in [0.2, 0.25) is 0 Å². The number of imidazole rings is 2. The highest BCUT2D eigenvalue weighted by Gasteiger charge is 2.32. The van der Waals surface area contributed by atoms with E-state index >= 15 is 0 Å². The molecule has 418 valence electrons. The van der Waals surface area contributed by atoms with E-state index in [2.05, 4.69) is 45.4 Å². The van der Waals surface area contributed by atoms with E-state index in [0.29, 0.717) is 70.7 Å². The van der Waals surface area contributed by atoms with Gasteiger partial charge in [-0.2, -0.15) is 0 Å². The number of rotatable bonds is 16. The van der Waals surface area contributed by atoms with Crippen molar-refractivity contribution in [2.45, 2.75) is 64.7 Å². The number of carbonyl (C=O) groups excluding carboxylic acids is 2. The second-order valence-corrected chi connectivity index (χ2v) is 20.6. The number of nitrogens with zero attached hydrogens (tertiary/aromatic N) is 6. The van der Waals surface area contributed by atoms with Crippen molar-refractivity contribution in [1.29, 1.82) is 0 Å². The summed E-state index contributed by atoms with van der Waals surface area (Å²) in [6.45, 7) is 9.05. The van der Waals surface area contributed by atoms with Gasteiger partial charge in [-0.25, -0.2) is 45.1 Å². The van der Waals surface area contributed by atoms with Crippen LogP contribution in [0.3, 0.4) is 0 Å². The number of halogens is 8. The third-order valence-corrected chi connectivity index (χ3v) is 14.5. The van der Waals surface area contributed by atoms with Crippen LogP contribution in [0.25, 0.3) is 44.8 Å². The lowest BCUT2D eigenvalue weighted by Gasteiger charge is -2.20. The van der Waals surface area contributed by atoms with Crippen molar-refractivity contribution < 1.29 is 44.7 Å². The summed E-state index contributed by atoms with van der Waals surface area (Å²) in [4.78, 5) is 80.3. The predicted octanol–water partition coefficient (Wildman–Crippen LogP) is 8.60. The van der Waals surface area contributed by atoms with Gasteiger partial charge >= 0.3 is 0 Å². The molecule has 11 rings (SSSR count). The molecule has 4 aromatic heterocycles. The van der Waals surface area contributed by atoms with Crippen molar-refractivity contribution in [3.05, 3.63) is 162 Å². The maximum Gasteiger partial charge on any atom is 0.261 e. The molecule has 80 heavy (non-hydrogen) atoms. The smallest absolute Gasteiger partial charge is 0.261 e. The second kappa shape index (κ2) is 22.4. The average Bonchev–Trinajstić information content (AvgIpc) is 4.33. The molecule has 8 aromatic rings. The Morgan fingerprint density at radius 3 is 1.40 bits per heavy atom. The lowest BCUT2D eigenvalue weighted by molar-refractivity contribution is 0.0758. The molecule has 0 bridgehead atoms. The first-order chi connectivity index (χ1) is 38.2. The Hall–Kier alpha value is -8.38. The van der Waals surface area contributed by atoms with Gasteiger partial charge in [-0.05, 0) is 114 Å². The summed E-state index contributed by atoms with van der Waals surface area (Å²) in [7, 11) is 3.88. The standard InChI is InChI=1S/C29H28F4N6O2.C27H26F4N6O2/c1-15(10-18-25(32)19(30)13-20(31)26(18)33)35-21-4-5-34-28(40)24(21)27-36-22-11-16-14-39(9-8-38-6-2-3-7-38)29(41)17(16)12-23(22)37-27;1-13(8-16-23(30)17(28)11-18(29)24(16)31)33-19-4-5-32-26(38)22(19)25-34-20-9-14-12-37(7-6-36(2)3)27(39)15(14)10-21(20)35-25/h4-5,11-13,15H,2-3,6-10,14H2,1H3,(H,36,37)(H2,34,35,40);4-5,9-11,13H,6-8,12H2,1-3H3,(H,34,35)(H2,32,33,38)/t15-;13-/m00/s1. The topological polar surface area (TPSA) is 194 Å². The first-order valence-electron chi connectivity index (χ1n) is 25.8. The molecule has 24 heteroatoms. The third-order valence-electron chi connectivity index (χ3n) is 14.5. The summed E-state index contributed by atoms with van der Waals surface area (Å²) in [5, 5.41) is 6.00. The first-order valence-corrected chi connectivity index (χ1v) is 25.8. The number of hydrogen-bond acceptors (Lipinski definition) is 10. The van der Waals surface area contributed by atoms with Crippen molar-refractivity contribution in [3.8, 4) is 22.8 Å². The number of carbonyl (C=O) groups is 2. The van der Waals surface area contributed by atoms with E-state index in [4.69, 9.17) is 0 Å². The number of fused-ring (bicyclic) bond motifs is 4. The minimum atomic E-state index is -1.48. The monoisotopic (exact) mass is 1110 g/mol. The van der Waals surface area contributed by atoms with Crippen LogP contribution in [0.15, 0.2) is 70.5 Å². The van der Waals surface area contributed by atoms with Gasteiger partial charge < -0.3 is 50.2 Å². The van der Waals surface area contributed by atoms with Crippen LogP contribution < -0.4 is 21.8 Å². The Bertz CT molecular complexity index is 3800. The van der Waals surface area contributed by atoms with Crippen LogP contribution in [-0.2, 0) is 25.9 Å². The number of aromatic amines is 4. The second-order valence-electron chi connectivity index (χ2n) is 20.6. The first kappa shape index (κ1) is 55.0. The molecule has 0 radical (unpaired) electrons. The highest BCUT2D eigenvalue weighted by atomic mass is 19.2. The zero-order chi connectivity index (χ0) is 56.8. The maximum absolute atomic E-state index is 14.2. The molecule has 6 N–H and O–H groups in total. The zero-order valence-corrected chi connectivity index (χ0v) is 43.8. The number of aromatic nitrogens is 6. The molecule has 1 saturated heterocycles. The average molecular weight is 1110 g/mol. The molecule has 0 aliphatic carbocycles. The number of pyridine rings is 2. The Morgan fingerprint density at radius 1 is 0.575 bits per heavy atom. The molecule has 3 aliphatic heterocycles. The van der Waals surface area contributed by atoms with Crippen molar-refractivity contribution in [2.75, 3.05) is 64.0 Å². The van der Waals surface area contributed by atoms with Gasteiger partial charge in [-0.3, -0.25) is 19.2 Å². The fraction of sp³-hybridized carbons (Fsp3) is 0.321.